The lowest BCUT2D eigenvalue weighted by atomic mass is 9.88. The summed E-state index contributed by atoms with van der Waals surface area (Å²) in [6.45, 7) is 0. The van der Waals surface area contributed by atoms with Crippen LogP contribution in [0.3, 0.4) is 0 Å². The number of hydrogen-bond acceptors (Lipinski definition) is 2. The number of carboxylic acid groups (broad SMARTS) is 1. The van der Waals surface area contributed by atoms with Crippen LogP contribution in [-0.4, -0.2) is 15.6 Å². The zero-order valence-electron chi connectivity index (χ0n) is 10.5. The maximum absolute atomic E-state index is 12.1. The summed E-state index contributed by atoms with van der Waals surface area (Å²) >= 11 is 0. The van der Waals surface area contributed by atoms with Crippen molar-refractivity contribution in [3.8, 4) is 11.3 Å². The maximum atomic E-state index is 12.1. The second kappa shape index (κ2) is 4.09. The number of pyridine rings is 1. The van der Waals surface area contributed by atoms with E-state index in [0.29, 0.717) is 0 Å². The molecule has 1 aromatic heterocycles. The third-order valence-electron chi connectivity index (χ3n) is 3.66. The Bertz CT molecular complexity index is 744. The minimum atomic E-state index is -1.16. The van der Waals surface area contributed by atoms with Gasteiger partial charge in [0.25, 0.3) is 5.56 Å². The lowest BCUT2D eigenvalue weighted by molar-refractivity contribution is 0.0694. The van der Waals surface area contributed by atoms with Crippen LogP contribution >= 0.6 is 0 Å². The Labute approximate surface area is 109 Å². The summed E-state index contributed by atoms with van der Waals surface area (Å²) in [5.74, 6) is -1.16. The van der Waals surface area contributed by atoms with Gasteiger partial charge < -0.3 is 9.67 Å². The van der Waals surface area contributed by atoms with E-state index in [1.807, 2.05) is 24.3 Å². The van der Waals surface area contributed by atoms with Gasteiger partial charge in [0.15, 0.2) is 0 Å². The Morgan fingerprint density at radius 1 is 1.21 bits per heavy atom. The van der Waals surface area contributed by atoms with Crippen LogP contribution in [0.25, 0.3) is 11.3 Å². The van der Waals surface area contributed by atoms with Crippen molar-refractivity contribution in [2.24, 2.45) is 7.05 Å². The molecular weight excluding hydrogens is 242 g/mol. The molecule has 0 unspecified atom stereocenters. The summed E-state index contributed by atoms with van der Waals surface area (Å²) in [5, 5.41) is 9.07. The molecule has 0 aliphatic heterocycles. The zero-order valence-corrected chi connectivity index (χ0v) is 10.5. The molecule has 96 valence electrons. The predicted octanol–water partition coefficient (Wildman–Crippen LogP) is 1.85. The minimum absolute atomic E-state index is 0.152. The lowest BCUT2D eigenvalue weighted by Crippen LogP contribution is -2.28. The fraction of sp³-hybridized carbons (Fsp3) is 0.200. The first kappa shape index (κ1) is 11.7. The third-order valence-corrected chi connectivity index (χ3v) is 3.66. The zero-order chi connectivity index (χ0) is 13.6. The fourth-order valence-corrected chi connectivity index (χ4v) is 2.74. The molecule has 1 heterocycles. The van der Waals surface area contributed by atoms with Crippen LogP contribution in [0.4, 0.5) is 0 Å². The van der Waals surface area contributed by atoms with Crippen LogP contribution < -0.4 is 5.56 Å². The van der Waals surface area contributed by atoms with E-state index in [1.165, 1.54) is 16.2 Å². The van der Waals surface area contributed by atoms with Gasteiger partial charge >= 0.3 is 5.97 Å². The van der Waals surface area contributed by atoms with Gasteiger partial charge in [0, 0.05) is 12.6 Å². The topological polar surface area (TPSA) is 59.3 Å². The first-order valence-electron chi connectivity index (χ1n) is 6.14. The molecule has 1 aliphatic carbocycles. The van der Waals surface area contributed by atoms with Crippen molar-refractivity contribution in [2.45, 2.75) is 12.8 Å². The number of aromatic nitrogens is 1. The van der Waals surface area contributed by atoms with Gasteiger partial charge in [-0.1, -0.05) is 24.3 Å². The van der Waals surface area contributed by atoms with Crippen molar-refractivity contribution < 1.29 is 9.90 Å². The summed E-state index contributed by atoms with van der Waals surface area (Å²) in [6, 6.07) is 9.47. The highest BCUT2D eigenvalue weighted by molar-refractivity contribution is 5.88. The van der Waals surface area contributed by atoms with E-state index in [9.17, 15) is 9.59 Å². The van der Waals surface area contributed by atoms with Crippen molar-refractivity contribution in [3.63, 3.8) is 0 Å². The van der Waals surface area contributed by atoms with Crippen molar-refractivity contribution >= 4 is 5.97 Å². The van der Waals surface area contributed by atoms with E-state index < -0.39 is 11.5 Å². The van der Waals surface area contributed by atoms with Gasteiger partial charge in [-0.05, 0) is 30.0 Å². The second-order valence-corrected chi connectivity index (χ2v) is 4.76. The monoisotopic (exact) mass is 255 g/mol. The summed E-state index contributed by atoms with van der Waals surface area (Å²) in [5.41, 5.74) is 3.40. The summed E-state index contributed by atoms with van der Waals surface area (Å²) in [7, 11) is 1.63. The van der Waals surface area contributed by atoms with Gasteiger partial charge in [0.05, 0.1) is 5.69 Å². The predicted molar refractivity (Wildman–Crippen MR) is 71.5 cm³/mol. The Morgan fingerprint density at radius 3 is 2.63 bits per heavy atom. The Balaban J connectivity index is 2.36. The van der Waals surface area contributed by atoms with E-state index in [1.54, 1.807) is 7.05 Å². The smallest absolute Gasteiger partial charge is 0.341 e. The van der Waals surface area contributed by atoms with Gasteiger partial charge in [0.2, 0.25) is 0 Å². The van der Waals surface area contributed by atoms with E-state index in [0.717, 1.165) is 29.7 Å². The molecule has 0 saturated heterocycles. The number of nitrogens with zero attached hydrogens (tertiary/aromatic N) is 1. The van der Waals surface area contributed by atoms with Gasteiger partial charge in [0.1, 0.15) is 5.56 Å². The van der Waals surface area contributed by atoms with Gasteiger partial charge in [-0.25, -0.2) is 4.79 Å². The van der Waals surface area contributed by atoms with Crippen LogP contribution in [0.2, 0.25) is 0 Å². The molecule has 1 aromatic carbocycles. The van der Waals surface area contributed by atoms with E-state index in [4.69, 9.17) is 5.11 Å². The van der Waals surface area contributed by atoms with Crippen molar-refractivity contribution in [3.05, 3.63) is 57.4 Å². The molecular formula is C15H13NO3. The molecule has 1 N–H and O–H groups in total. The highest BCUT2D eigenvalue weighted by Crippen LogP contribution is 2.32. The van der Waals surface area contributed by atoms with Crippen LogP contribution in [-0.2, 0) is 19.9 Å². The molecule has 4 heteroatoms. The quantitative estimate of drug-likeness (QED) is 0.846. The van der Waals surface area contributed by atoms with Gasteiger partial charge in [-0.3, -0.25) is 4.79 Å². The van der Waals surface area contributed by atoms with E-state index in [2.05, 4.69) is 0 Å². The molecule has 2 aromatic rings. The number of aryl methyl sites for hydroxylation is 2. The van der Waals surface area contributed by atoms with Crippen molar-refractivity contribution in [2.75, 3.05) is 0 Å². The molecule has 0 atom stereocenters. The second-order valence-electron chi connectivity index (χ2n) is 4.76. The van der Waals surface area contributed by atoms with Crippen LogP contribution in [0.5, 0.6) is 0 Å². The Morgan fingerprint density at radius 2 is 1.89 bits per heavy atom. The first-order valence-corrected chi connectivity index (χ1v) is 6.14. The van der Waals surface area contributed by atoms with Crippen molar-refractivity contribution in [1.29, 1.82) is 0 Å². The standard InChI is InChI=1S/C15H13NO3/c1-16-13-10(8-12(14(16)17)15(18)19)7-6-9-4-2-3-5-11(9)13/h2-5,8H,6-7H2,1H3,(H,18,19). The number of rotatable bonds is 1. The molecule has 0 bridgehead atoms. The summed E-state index contributed by atoms with van der Waals surface area (Å²) < 4.78 is 1.46. The number of fused-ring (bicyclic) bond motifs is 3. The number of carbonyl (C=O) groups is 1. The minimum Gasteiger partial charge on any atom is -0.477 e. The summed E-state index contributed by atoms with van der Waals surface area (Å²) in [4.78, 5) is 23.2. The van der Waals surface area contributed by atoms with E-state index >= 15 is 0 Å². The van der Waals surface area contributed by atoms with Crippen LogP contribution in [0.15, 0.2) is 35.1 Å². The van der Waals surface area contributed by atoms with Gasteiger partial charge in [-0.15, -0.1) is 0 Å². The van der Waals surface area contributed by atoms with Crippen LogP contribution in [0, 0.1) is 0 Å². The molecule has 0 fully saturated rings. The molecule has 0 amide bonds. The average molecular weight is 255 g/mol. The first-order chi connectivity index (χ1) is 9.09. The average Bonchev–Trinajstić information content (AvgIpc) is 2.41. The number of hydrogen-bond donors (Lipinski definition) is 1. The molecule has 19 heavy (non-hydrogen) atoms. The van der Waals surface area contributed by atoms with Gasteiger partial charge in [-0.2, -0.15) is 0 Å². The Kier molecular flexibility index (Phi) is 2.52. The largest absolute Gasteiger partial charge is 0.477 e. The maximum Gasteiger partial charge on any atom is 0.341 e. The molecule has 0 spiro atoms. The normalized spacial score (nSPS) is 12.7. The number of aromatic carboxylic acids is 1. The lowest BCUT2D eigenvalue weighted by Gasteiger charge is -2.22. The number of carboxylic acids is 1. The third kappa shape index (κ3) is 1.68. The van der Waals surface area contributed by atoms with Crippen molar-refractivity contribution in [1.82, 2.24) is 4.57 Å². The highest BCUT2D eigenvalue weighted by Gasteiger charge is 2.22. The molecule has 0 saturated carbocycles. The fourth-order valence-electron chi connectivity index (χ4n) is 2.74. The number of benzene rings is 1. The molecule has 4 nitrogen and oxygen atoms in total. The highest BCUT2D eigenvalue weighted by atomic mass is 16.4. The Hall–Kier alpha value is -2.36. The molecule has 0 radical (unpaired) electrons. The SMILES string of the molecule is Cn1c2c(cc(C(=O)O)c1=O)CCc1ccccc1-2. The molecule has 3 rings (SSSR count). The van der Waals surface area contributed by atoms with E-state index in [-0.39, 0.29) is 5.56 Å². The molecule has 1 aliphatic rings. The summed E-state index contributed by atoms with van der Waals surface area (Å²) in [6.07, 6.45) is 1.64. The van der Waals surface area contributed by atoms with Crippen LogP contribution in [0.1, 0.15) is 21.5 Å².